The Bertz CT molecular complexity index is 208. The standard InChI is InChI=1S/C6H5Cl2IO/c7-4-3-6(8,9)2-1-5(4)10/h1-2,10H,3H2. The van der Waals surface area contributed by atoms with Crippen LogP contribution in [-0.4, -0.2) is 7.99 Å². The Kier molecular flexibility index (Phi) is 2.53. The molecule has 1 nitrogen and oxygen atoms in total. The molecule has 0 heterocycles. The molecule has 1 aliphatic carbocycles. The zero-order valence-electron chi connectivity index (χ0n) is 4.94. The smallest absolute Gasteiger partial charge is 0.129 e. The largest absolute Gasteiger partial charge is 0.507 e. The Hall–Kier alpha value is 0.590. The molecule has 1 aliphatic rings. The molecule has 0 spiro atoms. The van der Waals surface area contributed by atoms with Crippen molar-refractivity contribution in [3.63, 3.8) is 0 Å². The summed E-state index contributed by atoms with van der Waals surface area (Å²) in [4.78, 5) is 0. The SMILES string of the molecule is OC1=C(Cl)CC(Cl)(I)C=C1. The van der Waals surface area contributed by atoms with Crippen LogP contribution in [0.25, 0.3) is 0 Å². The van der Waals surface area contributed by atoms with E-state index in [0.717, 1.165) is 0 Å². The third kappa shape index (κ3) is 2.04. The van der Waals surface area contributed by atoms with Gasteiger partial charge >= 0.3 is 0 Å². The maximum atomic E-state index is 9.01. The van der Waals surface area contributed by atoms with Gasteiger partial charge in [0.15, 0.2) is 0 Å². The van der Waals surface area contributed by atoms with Crippen molar-refractivity contribution in [1.82, 2.24) is 0 Å². The Morgan fingerprint density at radius 3 is 2.70 bits per heavy atom. The molecule has 0 fully saturated rings. The first-order valence-electron chi connectivity index (χ1n) is 2.66. The minimum atomic E-state index is -0.457. The second-order valence-corrected chi connectivity index (χ2v) is 5.75. The number of allylic oxidation sites excluding steroid dienone is 3. The molecule has 1 N–H and O–H groups in total. The average Bonchev–Trinajstić information content (AvgIpc) is 1.79. The van der Waals surface area contributed by atoms with Crippen molar-refractivity contribution in [3.05, 3.63) is 22.9 Å². The molecule has 0 saturated carbocycles. The van der Waals surface area contributed by atoms with Crippen molar-refractivity contribution in [2.45, 2.75) is 9.30 Å². The molecule has 0 saturated heterocycles. The molecule has 1 atom stereocenters. The summed E-state index contributed by atoms with van der Waals surface area (Å²) >= 11 is 13.6. The van der Waals surface area contributed by atoms with Crippen LogP contribution in [0.15, 0.2) is 22.9 Å². The molecular formula is C6H5Cl2IO. The van der Waals surface area contributed by atoms with E-state index < -0.39 is 2.88 Å². The fourth-order valence-electron chi connectivity index (χ4n) is 0.648. The van der Waals surface area contributed by atoms with Crippen molar-refractivity contribution >= 4 is 45.8 Å². The molecule has 1 unspecified atom stereocenters. The average molecular weight is 291 g/mol. The predicted molar refractivity (Wildman–Crippen MR) is 51.9 cm³/mol. The lowest BCUT2D eigenvalue weighted by Gasteiger charge is -2.18. The van der Waals surface area contributed by atoms with Crippen LogP contribution in [0.5, 0.6) is 0 Å². The molecule has 56 valence electrons. The van der Waals surface area contributed by atoms with E-state index >= 15 is 0 Å². The highest BCUT2D eigenvalue weighted by molar-refractivity contribution is 14.1. The first-order chi connectivity index (χ1) is 4.51. The van der Waals surface area contributed by atoms with Gasteiger partial charge in [-0.15, -0.1) is 11.6 Å². The molecule has 0 aromatic carbocycles. The molecule has 0 aromatic heterocycles. The zero-order chi connectivity index (χ0) is 7.78. The molecular weight excluding hydrogens is 286 g/mol. The van der Waals surface area contributed by atoms with Crippen LogP contribution in [0.3, 0.4) is 0 Å². The minimum absolute atomic E-state index is 0.120. The lowest BCUT2D eigenvalue weighted by molar-refractivity contribution is 0.424. The van der Waals surface area contributed by atoms with Gasteiger partial charge in [-0.3, -0.25) is 0 Å². The quantitative estimate of drug-likeness (QED) is 0.536. The van der Waals surface area contributed by atoms with Crippen LogP contribution in [0.4, 0.5) is 0 Å². The Morgan fingerprint density at radius 1 is 1.70 bits per heavy atom. The number of hydrogen-bond donors (Lipinski definition) is 1. The summed E-state index contributed by atoms with van der Waals surface area (Å²) < 4.78 is -0.457. The summed E-state index contributed by atoms with van der Waals surface area (Å²) in [5, 5.41) is 9.43. The second-order valence-electron chi connectivity index (χ2n) is 2.06. The summed E-state index contributed by atoms with van der Waals surface area (Å²) in [7, 11) is 0. The summed E-state index contributed by atoms with van der Waals surface area (Å²) in [5.41, 5.74) is 0. The van der Waals surface area contributed by atoms with Crippen LogP contribution in [-0.2, 0) is 0 Å². The predicted octanol–water partition coefficient (Wildman–Crippen LogP) is 3.32. The Morgan fingerprint density at radius 2 is 2.30 bits per heavy atom. The van der Waals surface area contributed by atoms with Gasteiger partial charge in [-0.1, -0.05) is 34.2 Å². The van der Waals surface area contributed by atoms with E-state index in [-0.39, 0.29) is 5.76 Å². The van der Waals surface area contributed by atoms with Gasteiger partial charge in [0.05, 0.1) is 5.03 Å². The fraction of sp³-hybridized carbons (Fsp3) is 0.333. The molecule has 0 bridgehead atoms. The number of hydrogen-bond acceptors (Lipinski definition) is 1. The normalized spacial score (nSPS) is 33.1. The molecule has 0 aliphatic heterocycles. The highest BCUT2D eigenvalue weighted by Crippen LogP contribution is 2.38. The van der Waals surface area contributed by atoms with E-state index in [1.54, 1.807) is 6.08 Å². The topological polar surface area (TPSA) is 20.2 Å². The minimum Gasteiger partial charge on any atom is -0.507 e. The summed E-state index contributed by atoms with van der Waals surface area (Å²) in [6.07, 6.45) is 3.72. The molecule has 10 heavy (non-hydrogen) atoms. The van der Waals surface area contributed by atoms with Gasteiger partial charge in [-0.05, 0) is 12.2 Å². The summed E-state index contributed by atoms with van der Waals surface area (Å²) in [6, 6.07) is 0. The van der Waals surface area contributed by atoms with E-state index in [9.17, 15) is 0 Å². The van der Waals surface area contributed by atoms with Crippen LogP contribution in [0.1, 0.15) is 6.42 Å². The molecule has 0 aromatic rings. The number of aliphatic hydroxyl groups excluding tert-OH is 1. The molecule has 1 rings (SSSR count). The van der Waals surface area contributed by atoms with E-state index in [1.165, 1.54) is 6.08 Å². The third-order valence-corrected chi connectivity index (χ3v) is 2.48. The first-order valence-corrected chi connectivity index (χ1v) is 4.49. The van der Waals surface area contributed by atoms with Gasteiger partial charge < -0.3 is 5.11 Å². The number of halogens is 3. The van der Waals surface area contributed by atoms with Crippen LogP contribution in [0, 0.1) is 0 Å². The van der Waals surface area contributed by atoms with Crippen molar-refractivity contribution in [1.29, 1.82) is 0 Å². The molecule has 0 amide bonds. The van der Waals surface area contributed by atoms with E-state index in [0.29, 0.717) is 11.5 Å². The van der Waals surface area contributed by atoms with Crippen LogP contribution >= 0.6 is 45.8 Å². The van der Waals surface area contributed by atoms with Crippen LogP contribution in [0.2, 0.25) is 0 Å². The van der Waals surface area contributed by atoms with Crippen molar-refractivity contribution < 1.29 is 5.11 Å². The van der Waals surface area contributed by atoms with Crippen molar-refractivity contribution in [3.8, 4) is 0 Å². The molecule has 4 heteroatoms. The first kappa shape index (κ1) is 8.68. The molecule has 0 radical (unpaired) electrons. The van der Waals surface area contributed by atoms with Gasteiger partial charge in [0.2, 0.25) is 0 Å². The van der Waals surface area contributed by atoms with Crippen molar-refractivity contribution in [2.75, 3.05) is 0 Å². The van der Waals surface area contributed by atoms with Gasteiger partial charge in [-0.25, -0.2) is 0 Å². The van der Waals surface area contributed by atoms with E-state index in [4.69, 9.17) is 28.3 Å². The number of aliphatic hydroxyl groups is 1. The van der Waals surface area contributed by atoms with Gasteiger partial charge in [0.1, 0.15) is 8.64 Å². The van der Waals surface area contributed by atoms with Crippen molar-refractivity contribution in [2.24, 2.45) is 0 Å². The zero-order valence-corrected chi connectivity index (χ0v) is 8.61. The Balaban J connectivity index is 2.85. The maximum Gasteiger partial charge on any atom is 0.129 e. The Labute approximate surface area is 82.8 Å². The monoisotopic (exact) mass is 290 g/mol. The number of rotatable bonds is 0. The maximum absolute atomic E-state index is 9.01. The number of alkyl halides is 2. The highest BCUT2D eigenvalue weighted by atomic mass is 127. The highest BCUT2D eigenvalue weighted by Gasteiger charge is 2.25. The second kappa shape index (κ2) is 2.91. The lowest BCUT2D eigenvalue weighted by atomic mass is 10.2. The summed E-state index contributed by atoms with van der Waals surface area (Å²) in [5.74, 6) is 0.120. The van der Waals surface area contributed by atoms with Gasteiger partial charge in [0.25, 0.3) is 0 Å². The van der Waals surface area contributed by atoms with E-state index in [1.807, 2.05) is 0 Å². The van der Waals surface area contributed by atoms with Gasteiger partial charge in [0, 0.05) is 6.42 Å². The van der Waals surface area contributed by atoms with E-state index in [2.05, 4.69) is 22.6 Å². The third-order valence-electron chi connectivity index (χ3n) is 1.15. The summed E-state index contributed by atoms with van der Waals surface area (Å²) in [6.45, 7) is 0. The lowest BCUT2D eigenvalue weighted by Crippen LogP contribution is -2.11. The van der Waals surface area contributed by atoms with Crippen LogP contribution < -0.4 is 0 Å². The fourth-order valence-corrected chi connectivity index (χ4v) is 1.97. The van der Waals surface area contributed by atoms with Gasteiger partial charge in [-0.2, -0.15) is 0 Å².